The van der Waals surface area contributed by atoms with Crippen molar-refractivity contribution in [3.63, 3.8) is 0 Å². The molecule has 0 saturated carbocycles. The molecule has 1 aromatic carbocycles. The lowest BCUT2D eigenvalue weighted by atomic mass is 10.1. The first kappa shape index (κ1) is 9.99. The fourth-order valence-corrected chi connectivity index (χ4v) is 1.77. The van der Waals surface area contributed by atoms with Gasteiger partial charge in [-0.25, -0.2) is 0 Å². The van der Waals surface area contributed by atoms with E-state index >= 15 is 0 Å². The van der Waals surface area contributed by atoms with Gasteiger partial charge in [0.05, 0.1) is 0 Å². The highest BCUT2D eigenvalue weighted by molar-refractivity contribution is 5.61. The van der Waals surface area contributed by atoms with Crippen LogP contribution in [-0.2, 0) is 13.6 Å². The molecule has 0 fully saturated rings. The maximum Gasteiger partial charge on any atom is 0.0480 e. The summed E-state index contributed by atoms with van der Waals surface area (Å²) in [5.41, 5.74) is 10.5. The first-order chi connectivity index (χ1) is 7.22. The van der Waals surface area contributed by atoms with Gasteiger partial charge in [0, 0.05) is 25.0 Å². The maximum absolute atomic E-state index is 5.65. The Kier molecular flexibility index (Phi) is 2.60. The van der Waals surface area contributed by atoms with Crippen LogP contribution in [0.3, 0.4) is 0 Å². The van der Waals surface area contributed by atoms with Crippen molar-refractivity contribution in [3.05, 3.63) is 47.7 Å². The van der Waals surface area contributed by atoms with Crippen molar-refractivity contribution in [1.82, 2.24) is 4.57 Å². The van der Waals surface area contributed by atoms with E-state index in [0.717, 1.165) is 5.69 Å². The predicted molar refractivity (Wildman–Crippen MR) is 63.5 cm³/mol. The molecule has 0 radical (unpaired) electrons. The fraction of sp³-hybridized carbons (Fsp3) is 0.231. The van der Waals surface area contributed by atoms with Gasteiger partial charge in [-0.05, 0) is 24.6 Å². The largest absolute Gasteiger partial charge is 0.346 e. The van der Waals surface area contributed by atoms with Crippen LogP contribution in [0.15, 0.2) is 36.4 Å². The molecule has 0 aliphatic heterocycles. The number of nitrogens with zero attached hydrogens (tertiary/aromatic N) is 1. The van der Waals surface area contributed by atoms with Crippen molar-refractivity contribution in [2.24, 2.45) is 12.8 Å². The summed E-state index contributed by atoms with van der Waals surface area (Å²) >= 11 is 0. The van der Waals surface area contributed by atoms with E-state index in [1.54, 1.807) is 0 Å². The molecule has 2 heteroatoms. The van der Waals surface area contributed by atoms with Gasteiger partial charge >= 0.3 is 0 Å². The van der Waals surface area contributed by atoms with Crippen LogP contribution in [0.25, 0.3) is 11.3 Å². The first-order valence-electron chi connectivity index (χ1n) is 5.14. The molecular weight excluding hydrogens is 184 g/mol. The van der Waals surface area contributed by atoms with Crippen LogP contribution in [0.4, 0.5) is 0 Å². The number of hydrogen-bond acceptors (Lipinski definition) is 1. The van der Waals surface area contributed by atoms with Gasteiger partial charge in [-0.3, -0.25) is 0 Å². The Balaban J connectivity index is 2.45. The second kappa shape index (κ2) is 3.91. The number of nitrogens with two attached hydrogens (primary N) is 1. The van der Waals surface area contributed by atoms with E-state index in [0.29, 0.717) is 6.54 Å². The Morgan fingerprint density at radius 2 is 1.73 bits per heavy atom. The van der Waals surface area contributed by atoms with Crippen molar-refractivity contribution in [2.75, 3.05) is 0 Å². The zero-order valence-corrected chi connectivity index (χ0v) is 9.20. The SMILES string of the molecule is Cc1ccc(-c2ccc(CN)n2C)cc1. The Morgan fingerprint density at radius 3 is 2.27 bits per heavy atom. The average Bonchev–Trinajstić information content (AvgIpc) is 2.61. The van der Waals surface area contributed by atoms with E-state index in [9.17, 15) is 0 Å². The van der Waals surface area contributed by atoms with Crippen LogP contribution in [-0.4, -0.2) is 4.57 Å². The van der Waals surface area contributed by atoms with Gasteiger partial charge in [-0.2, -0.15) is 0 Å². The standard InChI is InChI=1S/C13H16N2/c1-10-3-5-11(6-4-10)13-8-7-12(9-14)15(13)2/h3-8H,9,14H2,1-2H3. The monoisotopic (exact) mass is 200 g/mol. The van der Waals surface area contributed by atoms with Crippen molar-refractivity contribution >= 4 is 0 Å². The molecule has 2 nitrogen and oxygen atoms in total. The summed E-state index contributed by atoms with van der Waals surface area (Å²) < 4.78 is 2.14. The second-order valence-electron chi connectivity index (χ2n) is 3.84. The second-order valence-corrected chi connectivity index (χ2v) is 3.84. The number of aryl methyl sites for hydroxylation is 1. The minimum atomic E-state index is 0.586. The minimum Gasteiger partial charge on any atom is -0.346 e. The lowest BCUT2D eigenvalue weighted by molar-refractivity contribution is 0.831. The van der Waals surface area contributed by atoms with Crippen molar-refractivity contribution in [2.45, 2.75) is 13.5 Å². The molecule has 0 atom stereocenters. The normalized spacial score (nSPS) is 10.6. The van der Waals surface area contributed by atoms with E-state index in [4.69, 9.17) is 5.73 Å². The molecule has 0 amide bonds. The van der Waals surface area contributed by atoms with Gasteiger partial charge in [0.1, 0.15) is 0 Å². The zero-order valence-electron chi connectivity index (χ0n) is 9.20. The molecule has 1 aromatic heterocycles. The van der Waals surface area contributed by atoms with Gasteiger partial charge in [-0.1, -0.05) is 29.8 Å². The highest BCUT2D eigenvalue weighted by Gasteiger charge is 2.04. The van der Waals surface area contributed by atoms with Crippen LogP contribution in [0.5, 0.6) is 0 Å². The van der Waals surface area contributed by atoms with E-state index in [1.165, 1.54) is 16.8 Å². The molecule has 78 valence electrons. The molecule has 0 spiro atoms. The Morgan fingerprint density at radius 1 is 1.07 bits per heavy atom. The van der Waals surface area contributed by atoms with E-state index < -0.39 is 0 Å². The van der Waals surface area contributed by atoms with Crippen LogP contribution < -0.4 is 5.73 Å². The molecule has 0 unspecified atom stereocenters. The lowest BCUT2D eigenvalue weighted by Crippen LogP contribution is -2.03. The molecule has 1 heterocycles. The quantitative estimate of drug-likeness (QED) is 0.793. The Bertz CT molecular complexity index is 452. The molecule has 0 aliphatic rings. The Labute approximate surface area is 90.3 Å². The summed E-state index contributed by atoms with van der Waals surface area (Å²) in [5, 5.41) is 0. The predicted octanol–water partition coefficient (Wildman–Crippen LogP) is 2.46. The minimum absolute atomic E-state index is 0.586. The van der Waals surface area contributed by atoms with Crippen molar-refractivity contribution in [3.8, 4) is 11.3 Å². The molecule has 0 saturated heterocycles. The summed E-state index contributed by atoms with van der Waals surface area (Å²) in [6, 6.07) is 12.7. The third-order valence-electron chi connectivity index (χ3n) is 2.78. The lowest BCUT2D eigenvalue weighted by Gasteiger charge is -2.06. The number of benzene rings is 1. The van der Waals surface area contributed by atoms with Gasteiger partial charge in [0.15, 0.2) is 0 Å². The summed E-state index contributed by atoms with van der Waals surface area (Å²) in [7, 11) is 2.05. The summed E-state index contributed by atoms with van der Waals surface area (Å²) in [5.74, 6) is 0. The third kappa shape index (κ3) is 1.81. The molecule has 0 bridgehead atoms. The zero-order chi connectivity index (χ0) is 10.8. The molecular formula is C13H16N2. The molecule has 15 heavy (non-hydrogen) atoms. The highest BCUT2D eigenvalue weighted by atomic mass is 15.0. The number of rotatable bonds is 2. The van der Waals surface area contributed by atoms with Crippen molar-refractivity contribution in [1.29, 1.82) is 0 Å². The van der Waals surface area contributed by atoms with E-state index in [2.05, 4.69) is 54.9 Å². The van der Waals surface area contributed by atoms with E-state index in [1.807, 2.05) is 0 Å². The molecule has 2 aromatic rings. The smallest absolute Gasteiger partial charge is 0.0480 e. The van der Waals surface area contributed by atoms with E-state index in [-0.39, 0.29) is 0 Å². The number of hydrogen-bond donors (Lipinski definition) is 1. The topological polar surface area (TPSA) is 30.9 Å². The first-order valence-corrected chi connectivity index (χ1v) is 5.14. The molecule has 2 rings (SSSR count). The number of aromatic nitrogens is 1. The Hall–Kier alpha value is -1.54. The van der Waals surface area contributed by atoms with Gasteiger partial charge in [0.25, 0.3) is 0 Å². The van der Waals surface area contributed by atoms with Gasteiger partial charge in [-0.15, -0.1) is 0 Å². The highest BCUT2D eigenvalue weighted by Crippen LogP contribution is 2.21. The maximum atomic E-state index is 5.65. The van der Waals surface area contributed by atoms with Crippen LogP contribution >= 0.6 is 0 Å². The average molecular weight is 200 g/mol. The third-order valence-corrected chi connectivity index (χ3v) is 2.78. The van der Waals surface area contributed by atoms with Crippen LogP contribution in [0.1, 0.15) is 11.3 Å². The van der Waals surface area contributed by atoms with Crippen LogP contribution in [0.2, 0.25) is 0 Å². The molecule has 2 N–H and O–H groups in total. The summed E-state index contributed by atoms with van der Waals surface area (Å²) in [4.78, 5) is 0. The summed E-state index contributed by atoms with van der Waals surface area (Å²) in [6.45, 7) is 2.68. The van der Waals surface area contributed by atoms with Gasteiger partial charge in [0.2, 0.25) is 0 Å². The summed E-state index contributed by atoms with van der Waals surface area (Å²) in [6.07, 6.45) is 0. The van der Waals surface area contributed by atoms with Crippen LogP contribution in [0, 0.1) is 6.92 Å². The fourth-order valence-electron chi connectivity index (χ4n) is 1.77. The van der Waals surface area contributed by atoms with Crippen molar-refractivity contribution < 1.29 is 0 Å². The van der Waals surface area contributed by atoms with Gasteiger partial charge < -0.3 is 10.3 Å². The molecule has 0 aliphatic carbocycles.